The third-order valence-electron chi connectivity index (χ3n) is 4.14. The molecule has 140 valence electrons. The fraction of sp³-hybridized carbons (Fsp3) is 0.529. The highest BCUT2D eigenvalue weighted by Crippen LogP contribution is 2.20. The van der Waals surface area contributed by atoms with E-state index < -0.39 is 21.4 Å². The van der Waals surface area contributed by atoms with E-state index in [1.54, 1.807) is 27.7 Å². The van der Waals surface area contributed by atoms with E-state index in [0.717, 1.165) is 0 Å². The van der Waals surface area contributed by atoms with Crippen molar-refractivity contribution in [2.75, 3.05) is 13.6 Å². The van der Waals surface area contributed by atoms with Crippen LogP contribution in [0.15, 0.2) is 29.2 Å². The van der Waals surface area contributed by atoms with Crippen molar-refractivity contribution in [1.82, 2.24) is 9.62 Å². The Morgan fingerprint density at radius 2 is 1.72 bits per heavy atom. The molecule has 0 aromatic heterocycles. The van der Waals surface area contributed by atoms with Crippen LogP contribution in [0.1, 0.15) is 44.5 Å². The lowest BCUT2D eigenvalue weighted by molar-refractivity contribution is -0.147. The number of carboxylic acid groups (broad SMARTS) is 1. The van der Waals surface area contributed by atoms with E-state index in [0.29, 0.717) is 12.0 Å². The highest BCUT2D eigenvalue weighted by Gasteiger charge is 2.27. The topological polar surface area (TPSA) is 104 Å². The van der Waals surface area contributed by atoms with Gasteiger partial charge in [-0.1, -0.05) is 0 Å². The van der Waals surface area contributed by atoms with Crippen LogP contribution in [0.5, 0.6) is 0 Å². The van der Waals surface area contributed by atoms with Crippen molar-refractivity contribution in [3.63, 3.8) is 0 Å². The van der Waals surface area contributed by atoms with Gasteiger partial charge in [-0.2, -0.15) is 4.31 Å². The number of benzene rings is 1. The van der Waals surface area contributed by atoms with E-state index in [1.807, 2.05) is 0 Å². The van der Waals surface area contributed by atoms with Gasteiger partial charge in [-0.3, -0.25) is 9.59 Å². The quantitative estimate of drug-likeness (QED) is 0.728. The number of amides is 1. The summed E-state index contributed by atoms with van der Waals surface area (Å²) in [5.74, 6) is -1.30. The van der Waals surface area contributed by atoms with Gasteiger partial charge in [0.15, 0.2) is 0 Å². The normalized spacial score (nSPS) is 12.4. The Bertz CT molecular complexity index is 724. The molecule has 0 radical (unpaired) electrons. The lowest BCUT2D eigenvalue weighted by atomic mass is 9.90. The van der Waals surface area contributed by atoms with Crippen molar-refractivity contribution >= 4 is 21.9 Å². The van der Waals surface area contributed by atoms with Crippen molar-refractivity contribution in [3.05, 3.63) is 29.8 Å². The molecule has 25 heavy (non-hydrogen) atoms. The summed E-state index contributed by atoms with van der Waals surface area (Å²) in [7, 11) is -2.09. The van der Waals surface area contributed by atoms with Gasteiger partial charge in [0.25, 0.3) is 5.91 Å². The van der Waals surface area contributed by atoms with Crippen molar-refractivity contribution in [2.24, 2.45) is 5.41 Å². The number of nitrogens with zero attached hydrogens (tertiary/aromatic N) is 1. The molecule has 0 bridgehead atoms. The average Bonchev–Trinajstić information content (AvgIpc) is 2.53. The van der Waals surface area contributed by atoms with Crippen LogP contribution < -0.4 is 5.32 Å². The van der Waals surface area contributed by atoms with Gasteiger partial charge >= 0.3 is 5.97 Å². The largest absolute Gasteiger partial charge is 0.481 e. The second-order valence-electron chi connectivity index (χ2n) is 6.83. The van der Waals surface area contributed by atoms with E-state index in [2.05, 4.69) is 5.32 Å². The van der Waals surface area contributed by atoms with Gasteiger partial charge in [0, 0.05) is 25.2 Å². The average molecular weight is 370 g/mol. The van der Waals surface area contributed by atoms with Crippen LogP contribution in [-0.2, 0) is 14.8 Å². The Morgan fingerprint density at radius 1 is 1.20 bits per heavy atom. The molecule has 1 rings (SSSR count). The zero-order chi connectivity index (χ0) is 19.4. The van der Waals surface area contributed by atoms with E-state index >= 15 is 0 Å². The second kappa shape index (κ2) is 7.97. The first-order valence-corrected chi connectivity index (χ1v) is 9.43. The number of carbonyl (C=O) groups is 2. The van der Waals surface area contributed by atoms with Gasteiger partial charge in [0.05, 0.1) is 10.3 Å². The number of hydrogen-bond acceptors (Lipinski definition) is 4. The van der Waals surface area contributed by atoms with Gasteiger partial charge in [-0.25, -0.2) is 8.42 Å². The van der Waals surface area contributed by atoms with Crippen LogP contribution in [0.2, 0.25) is 0 Å². The summed E-state index contributed by atoms with van der Waals surface area (Å²) in [5, 5.41) is 11.7. The molecule has 0 aliphatic heterocycles. The van der Waals surface area contributed by atoms with Crippen molar-refractivity contribution < 1.29 is 23.1 Å². The molecule has 0 spiro atoms. The standard InChI is InChI=1S/C17H26N2O5S/c1-12(2)19(5)25(23,24)14-8-6-13(7-9-14)15(20)18-11-10-17(3,4)16(21)22/h6-9,12H,10-11H2,1-5H3,(H,18,20)(H,21,22). The fourth-order valence-electron chi connectivity index (χ4n) is 1.92. The first kappa shape index (κ1) is 21.1. The third-order valence-corrected chi connectivity index (χ3v) is 6.18. The van der Waals surface area contributed by atoms with Crippen LogP contribution in [0.4, 0.5) is 0 Å². The maximum Gasteiger partial charge on any atom is 0.309 e. The predicted octanol–water partition coefficient (Wildman–Crippen LogP) is 1.95. The summed E-state index contributed by atoms with van der Waals surface area (Å²) in [4.78, 5) is 23.2. The summed E-state index contributed by atoms with van der Waals surface area (Å²) in [5.41, 5.74) is -0.605. The van der Waals surface area contributed by atoms with Crippen LogP contribution in [0, 0.1) is 5.41 Å². The minimum absolute atomic E-state index is 0.118. The first-order valence-electron chi connectivity index (χ1n) is 7.99. The minimum atomic E-state index is -3.59. The Morgan fingerprint density at radius 3 is 2.16 bits per heavy atom. The Balaban J connectivity index is 2.77. The van der Waals surface area contributed by atoms with Gasteiger partial charge in [0.2, 0.25) is 10.0 Å². The molecule has 1 aromatic rings. The van der Waals surface area contributed by atoms with Crippen LogP contribution in [-0.4, -0.2) is 49.3 Å². The molecule has 0 aliphatic carbocycles. The molecular weight excluding hydrogens is 344 g/mol. The molecule has 0 aliphatic rings. The van der Waals surface area contributed by atoms with E-state index in [-0.39, 0.29) is 23.4 Å². The van der Waals surface area contributed by atoms with Crippen molar-refractivity contribution in [3.8, 4) is 0 Å². The highest BCUT2D eigenvalue weighted by molar-refractivity contribution is 7.89. The molecule has 0 fully saturated rings. The molecule has 0 saturated heterocycles. The summed E-state index contributed by atoms with van der Waals surface area (Å²) in [6.45, 7) is 6.95. The molecule has 0 unspecified atom stereocenters. The predicted molar refractivity (Wildman–Crippen MR) is 94.9 cm³/mol. The van der Waals surface area contributed by atoms with Crippen molar-refractivity contribution in [2.45, 2.75) is 45.1 Å². The molecule has 8 heteroatoms. The lowest BCUT2D eigenvalue weighted by Crippen LogP contribution is -2.33. The molecule has 0 heterocycles. The molecule has 2 N–H and O–H groups in total. The summed E-state index contributed by atoms with van der Waals surface area (Å²) in [6, 6.07) is 5.50. The van der Waals surface area contributed by atoms with Gasteiger partial charge in [0.1, 0.15) is 0 Å². The SMILES string of the molecule is CC(C)N(C)S(=O)(=O)c1ccc(C(=O)NCCC(C)(C)C(=O)O)cc1. The summed E-state index contributed by atoms with van der Waals surface area (Å²) in [6.07, 6.45) is 0.291. The maximum atomic E-state index is 12.4. The van der Waals surface area contributed by atoms with Crippen molar-refractivity contribution in [1.29, 1.82) is 0 Å². The second-order valence-corrected chi connectivity index (χ2v) is 8.83. The first-order chi connectivity index (χ1) is 11.4. The zero-order valence-corrected chi connectivity index (χ0v) is 16.1. The number of carbonyl (C=O) groups excluding carboxylic acids is 1. The molecule has 7 nitrogen and oxygen atoms in total. The molecule has 1 aromatic carbocycles. The molecule has 0 atom stereocenters. The van der Waals surface area contributed by atoms with Gasteiger partial charge in [-0.15, -0.1) is 0 Å². The Kier molecular flexibility index (Phi) is 6.73. The lowest BCUT2D eigenvalue weighted by Gasteiger charge is -2.21. The molecule has 0 saturated carbocycles. The fourth-order valence-corrected chi connectivity index (χ4v) is 3.29. The summed E-state index contributed by atoms with van der Waals surface area (Å²) < 4.78 is 26.0. The molecule has 1 amide bonds. The number of nitrogens with one attached hydrogen (secondary N) is 1. The van der Waals surface area contributed by atoms with E-state index in [1.165, 1.54) is 35.6 Å². The number of hydrogen-bond donors (Lipinski definition) is 2. The minimum Gasteiger partial charge on any atom is -0.481 e. The Labute approximate surface area is 149 Å². The summed E-state index contributed by atoms with van der Waals surface area (Å²) >= 11 is 0. The number of rotatable bonds is 8. The highest BCUT2D eigenvalue weighted by atomic mass is 32.2. The molecular formula is C17H26N2O5S. The number of sulfonamides is 1. The third kappa shape index (κ3) is 5.27. The van der Waals surface area contributed by atoms with Gasteiger partial charge in [-0.05, 0) is 58.4 Å². The smallest absolute Gasteiger partial charge is 0.309 e. The van der Waals surface area contributed by atoms with E-state index in [4.69, 9.17) is 5.11 Å². The van der Waals surface area contributed by atoms with Gasteiger partial charge < -0.3 is 10.4 Å². The zero-order valence-electron chi connectivity index (χ0n) is 15.2. The number of carboxylic acids is 1. The van der Waals surface area contributed by atoms with Crippen LogP contribution in [0.25, 0.3) is 0 Å². The maximum absolute atomic E-state index is 12.4. The van der Waals surface area contributed by atoms with Crippen LogP contribution >= 0.6 is 0 Å². The van der Waals surface area contributed by atoms with E-state index in [9.17, 15) is 18.0 Å². The number of aliphatic carboxylic acids is 1. The van der Waals surface area contributed by atoms with Crippen LogP contribution in [0.3, 0.4) is 0 Å². The Hall–Kier alpha value is -1.93. The monoisotopic (exact) mass is 370 g/mol.